The molecule has 0 fully saturated rings. The van der Waals surface area contributed by atoms with Crippen LogP contribution < -0.4 is 21.5 Å². The minimum absolute atomic E-state index is 0.0548. The molecule has 0 spiro atoms. The molecular formula is C12H19N5O3. The number of hydrazine groups is 1. The Hall–Kier alpha value is -2.35. The fourth-order valence-corrected chi connectivity index (χ4v) is 1.90. The summed E-state index contributed by atoms with van der Waals surface area (Å²) in [6, 6.07) is 4.78. The fraction of sp³-hybridized carbons (Fsp3) is 0.417. The lowest BCUT2D eigenvalue weighted by atomic mass is 10.2. The van der Waals surface area contributed by atoms with Crippen molar-refractivity contribution in [3.05, 3.63) is 28.3 Å². The maximum atomic E-state index is 11.5. The van der Waals surface area contributed by atoms with Crippen LogP contribution in [0.2, 0.25) is 0 Å². The Labute approximate surface area is 117 Å². The van der Waals surface area contributed by atoms with Crippen molar-refractivity contribution in [3.63, 3.8) is 0 Å². The van der Waals surface area contributed by atoms with Gasteiger partial charge in [-0.3, -0.25) is 20.8 Å². The maximum absolute atomic E-state index is 11.5. The molecule has 0 saturated carbocycles. The van der Waals surface area contributed by atoms with E-state index in [0.717, 1.165) is 6.42 Å². The Morgan fingerprint density at radius 1 is 1.50 bits per heavy atom. The van der Waals surface area contributed by atoms with Crippen LogP contribution in [0.25, 0.3) is 0 Å². The molecule has 0 bridgehead atoms. The largest absolute Gasteiger partial charge is 0.358 e. The third kappa shape index (κ3) is 3.58. The van der Waals surface area contributed by atoms with Gasteiger partial charge in [0.05, 0.1) is 11.5 Å². The quantitative estimate of drug-likeness (QED) is 0.388. The Kier molecular flexibility index (Phi) is 5.73. The van der Waals surface area contributed by atoms with Crippen LogP contribution in [0.5, 0.6) is 0 Å². The first-order chi connectivity index (χ1) is 9.54. The number of nitrogens with zero attached hydrogens (tertiary/aromatic N) is 2. The number of para-hydroxylation sites is 1. The topological polar surface area (TPSA) is 114 Å². The Morgan fingerprint density at radius 2 is 2.20 bits per heavy atom. The molecule has 1 aromatic carbocycles. The SMILES string of the molecule is CCCN(CC(=O)NC)c1cccc(NN)c1[N+](=O)[O-]. The first kappa shape index (κ1) is 15.7. The second-order valence-corrected chi connectivity index (χ2v) is 4.17. The molecule has 1 aromatic rings. The van der Waals surface area contributed by atoms with E-state index in [2.05, 4.69) is 10.7 Å². The highest BCUT2D eigenvalue weighted by atomic mass is 16.6. The van der Waals surface area contributed by atoms with Crippen LogP contribution in [-0.2, 0) is 4.79 Å². The standard InChI is InChI=1S/C12H19N5O3/c1-3-7-16(8-11(18)14-2)10-6-4-5-9(15-13)12(10)17(19)20/h4-6,15H,3,7-8,13H2,1-2H3,(H,14,18). The summed E-state index contributed by atoms with van der Waals surface area (Å²) in [6.07, 6.45) is 0.758. The van der Waals surface area contributed by atoms with Gasteiger partial charge in [0.15, 0.2) is 0 Å². The highest BCUT2D eigenvalue weighted by Gasteiger charge is 2.24. The number of hydrogen-bond acceptors (Lipinski definition) is 6. The van der Waals surface area contributed by atoms with Crippen molar-refractivity contribution in [1.82, 2.24) is 5.32 Å². The molecule has 0 aliphatic carbocycles. The van der Waals surface area contributed by atoms with Crippen molar-refractivity contribution in [2.24, 2.45) is 5.84 Å². The molecule has 0 heterocycles. The molecule has 0 unspecified atom stereocenters. The number of amides is 1. The minimum atomic E-state index is -0.503. The number of carbonyl (C=O) groups excluding carboxylic acids is 1. The molecule has 110 valence electrons. The predicted molar refractivity (Wildman–Crippen MR) is 77.5 cm³/mol. The van der Waals surface area contributed by atoms with Gasteiger partial charge >= 0.3 is 5.69 Å². The molecular weight excluding hydrogens is 262 g/mol. The second-order valence-electron chi connectivity index (χ2n) is 4.17. The summed E-state index contributed by atoms with van der Waals surface area (Å²) in [6.45, 7) is 2.52. The van der Waals surface area contributed by atoms with Gasteiger partial charge in [-0.1, -0.05) is 13.0 Å². The maximum Gasteiger partial charge on any atom is 0.316 e. The summed E-state index contributed by atoms with van der Waals surface area (Å²) in [4.78, 5) is 24.0. The summed E-state index contributed by atoms with van der Waals surface area (Å²) in [5.74, 6) is 5.10. The lowest BCUT2D eigenvalue weighted by Gasteiger charge is -2.23. The number of nitro benzene ring substituents is 1. The van der Waals surface area contributed by atoms with Gasteiger partial charge in [0, 0.05) is 13.6 Å². The van der Waals surface area contributed by atoms with Crippen molar-refractivity contribution in [1.29, 1.82) is 0 Å². The van der Waals surface area contributed by atoms with Crippen LogP contribution >= 0.6 is 0 Å². The first-order valence-corrected chi connectivity index (χ1v) is 6.24. The van der Waals surface area contributed by atoms with Crippen molar-refractivity contribution in [2.45, 2.75) is 13.3 Å². The van der Waals surface area contributed by atoms with Crippen LogP contribution in [-0.4, -0.2) is 31.0 Å². The van der Waals surface area contributed by atoms with E-state index in [1.807, 2.05) is 6.92 Å². The number of nitrogens with two attached hydrogens (primary N) is 1. The average Bonchev–Trinajstić information content (AvgIpc) is 2.45. The molecule has 0 atom stereocenters. The zero-order valence-corrected chi connectivity index (χ0v) is 11.5. The van der Waals surface area contributed by atoms with Crippen LogP contribution in [0.4, 0.5) is 17.1 Å². The number of nitro groups is 1. The van der Waals surface area contributed by atoms with Gasteiger partial charge in [0.1, 0.15) is 11.4 Å². The number of nitrogen functional groups attached to an aromatic ring is 1. The van der Waals surface area contributed by atoms with E-state index in [0.29, 0.717) is 12.2 Å². The lowest BCUT2D eigenvalue weighted by molar-refractivity contribution is -0.383. The van der Waals surface area contributed by atoms with E-state index in [1.165, 1.54) is 13.1 Å². The van der Waals surface area contributed by atoms with Gasteiger partial charge in [0.2, 0.25) is 5.91 Å². The van der Waals surface area contributed by atoms with Crippen LogP contribution in [0.15, 0.2) is 18.2 Å². The molecule has 0 radical (unpaired) electrons. The van der Waals surface area contributed by atoms with E-state index in [1.54, 1.807) is 17.0 Å². The van der Waals surface area contributed by atoms with Crippen molar-refractivity contribution >= 4 is 23.0 Å². The number of likely N-dealkylation sites (N-methyl/N-ethyl adjacent to an activating group) is 1. The molecule has 8 heteroatoms. The predicted octanol–water partition coefficient (Wildman–Crippen LogP) is 0.843. The summed E-state index contributed by atoms with van der Waals surface area (Å²) >= 11 is 0. The molecule has 8 nitrogen and oxygen atoms in total. The van der Waals surface area contributed by atoms with Gasteiger partial charge in [-0.2, -0.15) is 0 Å². The number of hydrogen-bond donors (Lipinski definition) is 3. The highest BCUT2D eigenvalue weighted by molar-refractivity contribution is 5.84. The minimum Gasteiger partial charge on any atom is -0.358 e. The number of benzene rings is 1. The fourth-order valence-electron chi connectivity index (χ4n) is 1.90. The van der Waals surface area contributed by atoms with E-state index < -0.39 is 4.92 Å². The van der Waals surface area contributed by atoms with Gasteiger partial charge in [-0.25, -0.2) is 0 Å². The monoisotopic (exact) mass is 281 g/mol. The smallest absolute Gasteiger partial charge is 0.316 e. The van der Waals surface area contributed by atoms with Crippen molar-refractivity contribution in [3.8, 4) is 0 Å². The molecule has 1 amide bonds. The normalized spacial score (nSPS) is 9.95. The molecule has 0 aliphatic rings. The Balaban J connectivity index is 3.24. The van der Waals surface area contributed by atoms with Gasteiger partial charge < -0.3 is 15.6 Å². The van der Waals surface area contributed by atoms with Crippen LogP contribution in [0.1, 0.15) is 13.3 Å². The van der Waals surface area contributed by atoms with Crippen molar-refractivity contribution in [2.75, 3.05) is 30.5 Å². The molecule has 20 heavy (non-hydrogen) atoms. The Bertz CT molecular complexity index is 492. The van der Waals surface area contributed by atoms with Crippen LogP contribution in [0, 0.1) is 10.1 Å². The summed E-state index contributed by atoms with van der Waals surface area (Å²) < 4.78 is 0. The van der Waals surface area contributed by atoms with Gasteiger partial charge in [-0.05, 0) is 18.6 Å². The number of nitrogens with one attached hydrogen (secondary N) is 2. The lowest BCUT2D eigenvalue weighted by Crippen LogP contribution is -2.36. The van der Waals surface area contributed by atoms with Gasteiger partial charge in [0.25, 0.3) is 0 Å². The second kappa shape index (κ2) is 7.29. The van der Waals surface area contributed by atoms with E-state index in [9.17, 15) is 14.9 Å². The number of anilines is 2. The zero-order valence-electron chi connectivity index (χ0n) is 11.5. The third-order valence-electron chi connectivity index (χ3n) is 2.80. The van der Waals surface area contributed by atoms with Gasteiger partial charge in [-0.15, -0.1) is 0 Å². The molecule has 0 saturated heterocycles. The summed E-state index contributed by atoms with van der Waals surface area (Å²) in [5, 5.41) is 13.8. The average molecular weight is 281 g/mol. The van der Waals surface area contributed by atoms with Crippen molar-refractivity contribution < 1.29 is 9.72 Å². The summed E-state index contributed by atoms with van der Waals surface area (Å²) in [7, 11) is 1.53. The van der Waals surface area contributed by atoms with E-state index in [4.69, 9.17) is 5.84 Å². The zero-order chi connectivity index (χ0) is 15.1. The molecule has 0 aliphatic heterocycles. The number of carbonyl (C=O) groups is 1. The Morgan fingerprint density at radius 3 is 2.70 bits per heavy atom. The molecule has 1 rings (SSSR count). The van der Waals surface area contributed by atoms with E-state index >= 15 is 0 Å². The molecule has 0 aromatic heterocycles. The highest BCUT2D eigenvalue weighted by Crippen LogP contribution is 2.34. The summed E-state index contributed by atoms with van der Waals surface area (Å²) in [5.41, 5.74) is 2.77. The van der Waals surface area contributed by atoms with E-state index in [-0.39, 0.29) is 23.8 Å². The van der Waals surface area contributed by atoms with Crippen LogP contribution in [0.3, 0.4) is 0 Å². The molecule has 4 N–H and O–H groups in total. The number of rotatable bonds is 7. The third-order valence-corrected chi connectivity index (χ3v) is 2.80. The first-order valence-electron chi connectivity index (χ1n) is 6.24.